The van der Waals surface area contributed by atoms with Gasteiger partial charge in [-0.05, 0) is 62.3 Å². The number of aromatic nitrogens is 1. The minimum Gasteiger partial charge on any atom is -0.383 e. The number of likely N-dealkylation sites (N-methyl/N-ethyl adjacent to an activating group) is 1. The van der Waals surface area contributed by atoms with Gasteiger partial charge in [-0.25, -0.2) is 4.98 Å². The normalized spacial score (nSPS) is 16.0. The summed E-state index contributed by atoms with van der Waals surface area (Å²) in [6.45, 7) is 1.93. The number of hydrogen-bond acceptors (Lipinski definition) is 4. The molecule has 1 heterocycles. The number of aryl methyl sites for hydroxylation is 1. The third kappa shape index (κ3) is 3.51. The highest BCUT2D eigenvalue weighted by Gasteiger charge is 2.21. The molecule has 0 bridgehead atoms. The van der Waals surface area contributed by atoms with Crippen molar-refractivity contribution in [2.24, 2.45) is 0 Å². The van der Waals surface area contributed by atoms with Crippen LogP contribution in [0.1, 0.15) is 23.6 Å². The molecule has 2 N–H and O–H groups in total. The van der Waals surface area contributed by atoms with Gasteiger partial charge in [-0.15, -0.1) is 0 Å². The lowest BCUT2D eigenvalue weighted by Crippen LogP contribution is -2.20. The van der Waals surface area contributed by atoms with E-state index < -0.39 is 0 Å². The lowest BCUT2D eigenvalue weighted by atomic mass is 10.1. The standard InChI is InChI=1S/C22H26N4/c1-26(2)15-14-23-19-8-5-9-20-18(19)11-13-22(24-20)25-21-12-10-16-6-3-4-7-17(16)21/h3-9,11,13,21,23H,10,12,14-15H2,1-2H3,(H,24,25)/t21-/m1/s1. The molecule has 0 radical (unpaired) electrons. The van der Waals surface area contributed by atoms with E-state index in [-0.39, 0.29) is 0 Å². The van der Waals surface area contributed by atoms with Gasteiger partial charge in [0.2, 0.25) is 0 Å². The predicted octanol–water partition coefficient (Wildman–Crippen LogP) is 4.31. The highest BCUT2D eigenvalue weighted by atomic mass is 15.1. The van der Waals surface area contributed by atoms with E-state index in [0.29, 0.717) is 6.04 Å². The second-order valence-corrected chi connectivity index (χ2v) is 7.23. The molecule has 1 atom stereocenters. The molecule has 0 saturated heterocycles. The second kappa shape index (κ2) is 7.34. The average Bonchev–Trinajstić information content (AvgIpc) is 3.04. The first-order valence-corrected chi connectivity index (χ1v) is 9.33. The van der Waals surface area contributed by atoms with Crippen LogP contribution in [0.2, 0.25) is 0 Å². The van der Waals surface area contributed by atoms with Crippen LogP contribution >= 0.6 is 0 Å². The van der Waals surface area contributed by atoms with Crippen molar-refractivity contribution in [1.82, 2.24) is 9.88 Å². The summed E-state index contributed by atoms with van der Waals surface area (Å²) in [6.07, 6.45) is 2.27. The van der Waals surface area contributed by atoms with Crippen molar-refractivity contribution in [3.8, 4) is 0 Å². The quantitative estimate of drug-likeness (QED) is 0.698. The summed E-state index contributed by atoms with van der Waals surface area (Å²) in [5, 5.41) is 8.32. The minimum atomic E-state index is 0.359. The van der Waals surface area contributed by atoms with Gasteiger partial charge in [0.05, 0.1) is 11.6 Å². The van der Waals surface area contributed by atoms with Crippen molar-refractivity contribution in [3.63, 3.8) is 0 Å². The molecule has 1 aliphatic rings. The van der Waals surface area contributed by atoms with Crippen molar-refractivity contribution in [2.75, 3.05) is 37.8 Å². The zero-order chi connectivity index (χ0) is 17.9. The smallest absolute Gasteiger partial charge is 0.127 e. The first-order chi connectivity index (χ1) is 12.7. The fourth-order valence-electron chi connectivity index (χ4n) is 3.69. The van der Waals surface area contributed by atoms with Crippen LogP contribution in [-0.4, -0.2) is 37.1 Å². The molecule has 0 saturated carbocycles. The average molecular weight is 346 g/mol. The molecule has 4 nitrogen and oxygen atoms in total. The van der Waals surface area contributed by atoms with Crippen LogP contribution in [0.4, 0.5) is 11.5 Å². The van der Waals surface area contributed by atoms with E-state index in [0.717, 1.165) is 43.0 Å². The van der Waals surface area contributed by atoms with Crippen LogP contribution in [0.3, 0.4) is 0 Å². The molecule has 1 aromatic heterocycles. The van der Waals surface area contributed by atoms with Gasteiger partial charge in [0, 0.05) is 24.2 Å². The van der Waals surface area contributed by atoms with E-state index in [1.165, 1.54) is 16.5 Å². The van der Waals surface area contributed by atoms with Crippen LogP contribution < -0.4 is 10.6 Å². The van der Waals surface area contributed by atoms with E-state index in [1.807, 2.05) is 0 Å². The molecular formula is C22H26N4. The van der Waals surface area contributed by atoms with E-state index in [1.54, 1.807) is 0 Å². The van der Waals surface area contributed by atoms with Crippen LogP contribution in [0.5, 0.6) is 0 Å². The monoisotopic (exact) mass is 346 g/mol. The summed E-state index contributed by atoms with van der Waals surface area (Å²) in [5.74, 6) is 0.949. The van der Waals surface area contributed by atoms with Crippen molar-refractivity contribution >= 4 is 22.4 Å². The van der Waals surface area contributed by atoms with Gasteiger partial charge < -0.3 is 15.5 Å². The maximum Gasteiger partial charge on any atom is 0.127 e. The number of rotatable bonds is 6. The number of nitrogens with one attached hydrogen (secondary N) is 2. The van der Waals surface area contributed by atoms with Gasteiger partial charge in [0.1, 0.15) is 5.82 Å². The zero-order valence-corrected chi connectivity index (χ0v) is 15.5. The number of nitrogens with zero attached hydrogens (tertiary/aromatic N) is 2. The van der Waals surface area contributed by atoms with E-state index in [4.69, 9.17) is 4.98 Å². The van der Waals surface area contributed by atoms with E-state index in [9.17, 15) is 0 Å². The Morgan fingerprint density at radius 1 is 1.04 bits per heavy atom. The summed E-state index contributed by atoms with van der Waals surface area (Å²) in [7, 11) is 4.18. The summed E-state index contributed by atoms with van der Waals surface area (Å²) >= 11 is 0. The number of anilines is 2. The molecule has 2 aromatic carbocycles. The SMILES string of the molecule is CN(C)CCNc1cccc2nc(N[C@@H]3CCc4ccccc43)ccc12. The lowest BCUT2D eigenvalue weighted by molar-refractivity contribution is 0.425. The van der Waals surface area contributed by atoms with Gasteiger partial charge in [-0.2, -0.15) is 0 Å². The number of fused-ring (bicyclic) bond motifs is 2. The van der Waals surface area contributed by atoms with Gasteiger partial charge in [-0.3, -0.25) is 0 Å². The molecule has 4 heteroatoms. The van der Waals surface area contributed by atoms with Crippen LogP contribution in [0.25, 0.3) is 10.9 Å². The van der Waals surface area contributed by atoms with Crippen molar-refractivity contribution in [1.29, 1.82) is 0 Å². The Morgan fingerprint density at radius 3 is 2.81 bits per heavy atom. The molecule has 0 aliphatic heterocycles. The molecule has 3 aromatic rings. The topological polar surface area (TPSA) is 40.2 Å². The number of pyridine rings is 1. The third-order valence-corrected chi connectivity index (χ3v) is 5.06. The molecule has 26 heavy (non-hydrogen) atoms. The van der Waals surface area contributed by atoms with Crippen LogP contribution in [0.15, 0.2) is 54.6 Å². The summed E-state index contributed by atoms with van der Waals surface area (Å²) in [5.41, 5.74) is 5.04. The Labute approximate surface area is 155 Å². The Balaban J connectivity index is 1.53. The lowest BCUT2D eigenvalue weighted by Gasteiger charge is -2.16. The number of benzene rings is 2. The minimum absolute atomic E-state index is 0.359. The van der Waals surface area contributed by atoms with E-state index in [2.05, 4.69) is 84.2 Å². The van der Waals surface area contributed by atoms with Crippen molar-refractivity contribution in [2.45, 2.75) is 18.9 Å². The Hall–Kier alpha value is -2.59. The molecule has 134 valence electrons. The third-order valence-electron chi connectivity index (χ3n) is 5.06. The first-order valence-electron chi connectivity index (χ1n) is 9.33. The highest BCUT2D eigenvalue weighted by molar-refractivity contribution is 5.92. The summed E-state index contributed by atoms with van der Waals surface area (Å²) in [6, 6.07) is 19.6. The Kier molecular flexibility index (Phi) is 4.76. The number of hydrogen-bond donors (Lipinski definition) is 2. The molecule has 4 rings (SSSR count). The van der Waals surface area contributed by atoms with Crippen molar-refractivity contribution < 1.29 is 0 Å². The highest BCUT2D eigenvalue weighted by Crippen LogP contribution is 2.33. The largest absolute Gasteiger partial charge is 0.383 e. The van der Waals surface area contributed by atoms with Gasteiger partial charge in [0.15, 0.2) is 0 Å². The van der Waals surface area contributed by atoms with Crippen LogP contribution in [-0.2, 0) is 6.42 Å². The Bertz CT molecular complexity index is 904. The maximum atomic E-state index is 4.85. The zero-order valence-electron chi connectivity index (χ0n) is 15.5. The fraction of sp³-hybridized carbons (Fsp3) is 0.318. The molecule has 0 amide bonds. The predicted molar refractivity (Wildman–Crippen MR) is 110 cm³/mol. The van der Waals surface area contributed by atoms with E-state index >= 15 is 0 Å². The Morgan fingerprint density at radius 2 is 1.92 bits per heavy atom. The summed E-state index contributed by atoms with van der Waals surface area (Å²) < 4.78 is 0. The molecular weight excluding hydrogens is 320 g/mol. The fourth-order valence-corrected chi connectivity index (χ4v) is 3.69. The maximum absolute atomic E-state index is 4.85. The van der Waals surface area contributed by atoms with Gasteiger partial charge in [0.25, 0.3) is 0 Å². The molecule has 0 fully saturated rings. The van der Waals surface area contributed by atoms with Crippen LogP contribution in [0, 0.1) is 0 Å². The second-order valence-electron chi connectivity index (χ2n) is 7.23. The van der Waals surface area contributed by atoms with Crippen molar-refractivity contribution in [3.05, 3.63) is 65.7 Å². The van der Waals surface area contributed by atoms with Gasteiger partial charge >= 0.3 is 0 Å². The molecule has 0 unspecified atom stereocenters. The summed E-state index contributed by atoms with van der Waals surface area (Å²) in [4.78, 5) is 7.03. The molecule has 1 aliphatic carbocycles. The van der Waals surface area contributed by atoms with Gasteiger partial charge in [-0.1, -0.05) is 30.3 Å². The first kappa shape index (κ1) is 16.9. The molecule has 0 spiro atoms.